The average molecular weight is 278 g/mol. The monoisotopic (exact) mass is 278 g/mol. The second-order valence-corrected chi connectivity index (χ2v) is 5.22. The summed E-state index contributed by atoms with van der Waals surface area (Å²) in [5, 5.41) is 20.9. The lowest BCUT2D eigenvalue weighted by Gasteiger charge is -2.18. The number of nitrogens with two attached hydrogens (primary N) is 1. The van der Waals surface area contributed by atoms with Crippen LogP contribution >= 0.6 is 0 Å². The van der Waals surface area contributed by atoms with E-state index in [0.29, 0.717) is 12.8 Å². The van der Waals surface area contributed by atoms with E-state index in [0.717, 1.165) is 5.56 Å². The van der Waals surface area contributed by atoms with E-state index >= 15 is 0 Å². The molecule has 1 aromatic rings. The van der Waals surface area contributed by atoms with Crippen LogP contribution in [0.25, 0.3) is 0 Å². The van der Waals surface area contributed by atoms with E-state index < -0.39 is 17.4 Å². The van der Waals surface area contributed by atoms with Crippen LogP contribution in [0.5, 0.6) is 5.75 Å². The summed E-state index contributed by atoms with van der Waals surface area (Å²) in [5.74, 6) is -1.25. The summed E-state index contributed by atoms with van der Waals surface area (Å²) in [6.07, 6.45) is 1.59. The fraction of sp³-hybridized carbons (Fsp3) is 0.429. The van der Waals surface area contributed by atoms with Gasteiger partial charge in [0.15, 0.2) is 0 Å². The smallest absolute Gasteiger partial charge is 0.326 e. The van der Waals surface area contributed by atoms with E-state index in [9.17, 15) is 19.8 Å². The molecule has 1 atom stereocenters. The predicted octanol–water partition coefficient (Wildman–Crippen LogP) is 0.243. The van der Waals surface area contributed by atoms with Crippen molar-refractivity contribution in [2.45, 2.75) is 25.3 Å². The highest BCUT2D eigenvalue weighted by atomic mass is 16.4. The first-order chi connectivity index (χ1) is 9.47. The van der Waals surface area contributed by atoms with Crippen molar-refractivity contribution in [3.63, 3.8) is 0 Å². The molecule has 0 aromatic heterocycles. The highest BCUT2D eigenvalue weighted by Gasteiger charge is 2.49. The van der Waals surface area contributed by atoms with Crippen molar-refractivity contribution in [2.24, 2.45) is 11.1 Å². The van der Waals surface area contributed by atoms with Gasteiger partial charge in [-0.1, -0.05) is 12.1 Å². The first-order valence-electron chi connectivity index (χ1n) is 6.48. The number of aromatic hydroxyl groups is 1. The van der Waals surface area contributed by atoms with Crippen LogP contribution < -0.4 is 11.1 Å². The molecule has 1 amide bonds. The molecule has 0 aliphatic heterocycles. The summed E-state index contributed by atoms with van der Waals surface area (Å²) >= 11 is 0. The lowest BCUT2D eigenvalue weighted by Crippen LogP contribution is -2.47. The van der Waals surface area contributed by atoms with Crippen molar-refractivity contribution in [1.29, 1.82) is 0 Å². The predicted molar refractivity (Wildman–Crippen MR) is 72.1 cm³/mol. The molecule has 1 aromatic carbocycles. The highest BCUT2D eigenvalue weighted by Crippen LogP contribution is 2.44. The van der Waals surface area contributed by atoms with E-state index in [-0.39, 0.29) is 24.6 Å². The van der Waals surface area contributed by atoms with E-state index in [1.54, 1.807) is 12.1 Å². The number of amides is 1. The zero-order valence-corrected chi connectivity index (χ0v) is 11.0. The lowest BCUT2D eigenvalue weighted by atomic mass is 10.0. The third-order valence-corrected chi connectivity index (χ3v) is 3.71. The van der Waals surface area contributed by atoms with Crippen molar-refractivity contribution in [3.8, 4) is 5.75 Å². The second-order valence-electron chi connectivity index (χ2n) is 5.22. The van der Waals surface area contributed by atoms with Gasteiger partial charge < -0.3 is 21.3 Å². The van der Waals surface area contributed by atoms with Crippen molar-refractivity contribution in [1.82, 2.24) is 5.32 Å². The molecule has 0 saturated heterocycles. The van der Waals surface area contributed by atoms with Gasteiger partial charge in [-0.15, -0.1) is 0 Å². The Morgan fingerprint density at radius 1 is 1.30 bits per heavy atom. The standard InChI is InChI=1S/C14H18N2O4/c15-8-14(5-6-14)13(20)16-11(12(18)19)7-9-1-3-10(17)4-2-9/h1-4,11,17H,5-8,15H2,(H,16,20)(H,18,19). The number of carbonyl (C=O) groups is 2. The van der Waals surface area contributed by atoms with Crippen LogP contribution in [0.1, 0.15) is 18.4 Å². The van der Waals surface area contributed by atoms with Crippen LogP contribution in [-0.4, -0.2) is 34.7 Å². The maximum atomic E-state index is 12.0. The molecule has 0 radical (unpaired) electrons. The number of nitrogens with one attached hydrogen (secondary N) is 1. The number of phenolic OH excluding ortho intramolecular Hbond substituents is 1. The van der Waals surface area contributed by atoms with Crippen LogP contribution in [0, 0.1) is 5.41 Å². The summed E-state index contributed by atoms with van der Waals surface area (Å²) < 4.78 is 0. The van der Waals surface area contributed by atoms with E-state index in [4.69, 9.17) is 5.73 Å². The van der Waals surface area contributed by atoms with Gasteiger partial charge >= 0.3 is 5.97 Å². The summed E-state index contributed by atoms with van der Waals surface area (Å²) in [4.78, 5) is 23.3. The van der Waals surface area contributed by atoms with E-state index in [1.165, 1.54) is 12.1 Å². The van der Waals surface area contributed by atoms with Crippen LogP contribution in [0.2, 0.25) is 0 Å². The Morgan fingerprint density at radius 2 is 1.90 bits per heavy atom. The molecular weight excluding hydrogens is 260 g/mol. The number of phenols is 1. The molecule has 1 aliphatic rings. The number of carboxylic acids is 1. The molecule has 5 N–H and O–H groups in total. The summed E-state index contributed by atoms with van der Waals surface area (Å²) in [7, 11) is 0. The van der Waals surface area contributed by atoms with Gasteiger partial charge in [-0.2, -0.15) is 0 Å². The molecule has 1 aliphatic carbocycles. The molecule has 0 bridgehead atoms. The molecular formula is C14H18N2O4. The SMILES string of the molecule is NCC1(C(=O)NC(Cc2ccc(O)cc2)C(=O)O)CC1. The zero-order chi connectivity index (χ0) is 14.8. The first-order valence-corrected chi connectivity index (χ1v) is 6.48. The maximum absolute atomic E-state index is 12.0. The van der Waals surface area contributed by atoms with Crippen LogP contribution in [0.15, 0.2) is 24.3 Å². The molecule has 2 rings (SSSR count). The molecule has 1 saturated carbocycles. The number of aliphatic carboxylic acids is 1. The van der Waals surface area contributed by atoms with E-state index in [1.807, 2.05) is 0 Å². The lowest BCUT2D eigenvalue weighted by molar-refractivity contribution is -0.142. The highest BCUT2D eigenvalue weighted by molar-refractivity contribution is 5.89. The number of carboxylic acid groups (broad SMARTS) is 1. The van der Waals surface area contributed by atoms with Gasteiger partial charge in [0, 0.05) is 13.0 Å². The molecule has 1 unspecified atom stereocenters. The van der Waals surface area contributed by atoms with Crippen molar-refractivity contribution in [2.75, 3.05) is 6.54 Å². The number of benzene rings is 1. The molecule has 1 fully saturated rings. The van der Waals surface area contributed by atoms with Crippen molar-refractivity contribution >= 4 is 11.9 Å². The Kier molecular flexibility index (Phi) is 3.94. The van der Waals surface area contributed by atoms with Crippen LogP contribution in [0.4, 0.5) is 0 Å². The van der Waals surface area contributed by atoms with Gasteiger partial charge in [-0.3, -0.25) is 4.79 Å². The Morgan fingerprint density at radius 3 is 2.35 bits per heavy atom. The fourth-order valence-electron chi connectivity index (χ4n) is 2.05. The van der Waals surface area contributed by atoms with Crippen LogP contribution in [0.3, 0.4) is 0 Å². The largest absolute Gasteiger partial charge is 0.508 e. The Bertz CT molecular complexity index is 508. The number of hydrogen-bond donors (Lipinski definition) is 4. The first kappa shape index (κ1) is 14.3. The molecule has 0 heterocycles. The molecule has 108 valence electrons. The minimum Gasteiger partial charge on any atom is -0.508 e. The zero-order valence-electron chi connectivity index (χ0n) is 11.0. The topological polar surface area (TPSA) is 113 Å². The van der Waals surface area contributed by atoms with Gasteiger partial charge in [0.25, 0.3) is 0 Å². The maximum Gasteiger partial charge on any atom is 0.326 e. The summed E-state index contributed by atoms with van der Waals surface area (Å²) in [6.45, 7) is 0.240. The second kappa shape index (κ2) is 5.50. The van der Waals surface area contributed by atoms with Gasteiger partial charge in [-0.25, -0.2) is 4.79 Å². The third kappa shape index (κ3) is 3.08. The molecule has 6 heteroatoms. The van der Waals surface area contributed by atoms with E-state index in [2.05, 4.69) is 5.32 Å². The molecule has 20 heavy (non-hydrogen) atoms. The Balaban J connectivity index is 2.02. The van der Waals surface area contributed by atoms with Crippen molar-refractivity contribution < 1.29 is 19.8 Å². The molecule has 0 spiro atoms. The normalized spacial score (nSPS) is 17.2. The third-order valence-electron chi connectivity index (χ3n) is 3.71. The number of rotatable bonds is 6. The molecule has 6 nitrogen and oxygen atoms in total. The Labute approximate surface area is 116 Å². The fourth-order valence-corrected chi connectivity index (χ4v) is 2.05. The van der Waals surface area contributed by atoms with Gasteiger partial charge in [0.1, 0.15) is 11.8 Å². The van der Waals surface area contributed by atoms with Gasteiger partial charge in [0.05, 0.1) is 5.41 Å². The number of hydrogen-bond acceptors (Lipinski definition) is 4. The van der Waals surface area contributed by atoms with Crippen LogP contribution in [-0.2, 0) is 16.0 Å². The van der Waals surface area contributed by atoms with Gasteiger partial charge in [0.2, 0.25) is 5.91 Å². The quantitative estimate of drug-likeness (QED) is 0.595. The van der Waals surface area contributed by atoms with Crippen molar-refractivity contribution in [3.05, 3.63) is 29.8 Å². The summed E-state index contributed by atoms with van der Waals surface area (Å²) in [6, 6.07) is 5.24. The van der Waals surface area contributed by atoms with Gasteiger partial charge in [-0.05, 0) is 30.5 Å². The number of carbonyl (C=O) groups excluding carboxylic acids is 1. The average Bonchev–Trinajstić information content (AvgIpc) is 3.21. The summed E-state index contributed by atoms with van der Waals surface area (Å²) in [5.41, 5.74) is 5.72. The Hall–Kier alpha value is -2.08. The minimum absolute atomic E-state index is 0.115. The minimum atomic E-state index is -1.08.